The molecule has 0 fully saturated rings. The van der Waals surface area contributed by atoms with Crippen LogP contribution in [0.25, 0.3) is 0 Å². The van der Waals surface area contributed by atoms with Crippen LogP contribution in [0, 0.1) is 15.3 Å². The van der Waals surface area contributed by atoms with Crippen molar-refractivity contribution in [2.45, 2.75) is 38.6 Å². The van der Waals surface area contributed by atoms with Gasteiger partial charge in [-0.25, -0.2) is 4.79 Å². The number of alkyl carbamates (subject to hydrolysis) is 1. The Labute approximate surface area is 132 Å². The second-order valence-corrected chi connectivity index (χ2v) is 5.80. The number of aliphatic hydroxyl groups is 2. The molecule has 0 aliphatic rings. The molecule has 1 aromatic rings. The van der Waals surface area contributed by atoms with E-state index in [1.54, 1.807) is 20.8 Å². The van der Waals surface area contributed by atoms with Gasteiger partial charge in [-0.05, 0) is 20.8 Å². The van der Waals surface area contributed by atoms with Crippen molar-refractivity contribution in [3.63, 3.8) is 0 Å². The second-order valence-electron chi connectivity index (χ2n) is 5.80. The topological polar surface area (TPSA) is 149 Å². The van der Waals surface area contributed by atoms with Crippen LogP contribution in [0.15, 0.2) is 18.5 Å². The molecule has 2 unspecified atom stereocenters. The van der Waals surface area contributed by atoms with E-state index in [4.69, 9.17) is 4.74 Å². The molecule has 2 atom stereocenters. The Hall–Kier alpha value is -2.46. The van der Waals surface area contributed by atoms with Crippen molar-refractivity contribution in [1.82, 2.24) is 5.32 Å². The first-order chi connectivity index (χ1) is 10.5. The van der Waals surface area contributed by atoms with Crippen LogP contribution in [-0.2, 0) is 4.74 Å². The maximum Gasteiger partial charge on any atom is 0.407 e. The summed E-state index contributed by atoms with van der Waals surface area (Å²) in [6.45, 7) is 4.54. The molecular formula is C13H19N3O7. The molecule has 10 nitrogen and oxygen atoms in total. The van der Waals surface area contributed by atoms with Crippen molar-refractivity contribution in [1.29, 1.82) is 0 Å². The fourth-order valence-corrected chi connectivity index (χ4v) is 1.70. The third-order valence-corrected chi connectivity index (χ3v) is 2.68. The van der Waals surface area contributed by atoms with Crippen LogP contribution >= 0.6 is 0 Å². The smallest absolute Gasteiger partial charge is 0.407 e. The quantitative estimate of drug-likeness (QED) is 0.301. The first-order valence-electron chi connectivity index (χ1n) is 6.71. The maximum atomic E-state index is 11.5. The average Bonchev–Trinajstić information content (AvgIpc) is 2.41. The minimum atomic E-state index is -1.73. The number of pyridine rings is 1. The summed E-state index contributed by atoms with van der Waals surface area (Å²) in [5, 5.41) is 44.2. The molecule has 10 heteroatoms. The summed E-state index contributed by atoms with van der Waals surface area (Å²) in [4.78, 5) is 21.6. The number of hydrogen-bond acceptors (Lipinski definition) is 7. The minimum Gasteiger partial charge on any atom is -0.619 e. The number of nitro groups is 1. The van der Waals surface area contributed by atoms with Gasteiger partial charge in [0.15, 0.2) is 12.4 Å². The molecule has 23 heavy (non-hydrogen) atoms. The van der Waals surface area contributed by atoms with Crippen molar-refractivity contribution in [3.8, 4) is 0 Å². The van der Waals surface area contributed by atoms with Gasteiger partial charge in [0, 0.05) is 6.54 Å². The van der Waals surface area contributed by atoms with E-state index in [2.05, 4.69) is 5.32 Å². The fourth-order valence-electron chi connectivity index (χ4n) is 1.70. The van der Waals surface area contributed by atoms with Crippen LogP contribution in [0.1, 0.15) is 32.4 Å². The summed E-state index contributed by atoms with van der Waals surface area (Å²) >= 11 is 0. The lowest BCUT2D eigenvalue weighted by atomic mass is 10.0. The van der Waals surface area contributed by atoms with E-state index < -0.39 is 41.1 Å². The number of nitrogens with zero attached hydrogens (tertiary/aromatic N) is 2. The Morgan fingerprint density at radius 2 is 2.09 bits per heavy atom. The van der Waals surface area contributed by atoms with E-state index in [1.807, 2.05) is 0 Å². The van der Waals surface area contributed by atoms with Crippen LogP contribution in [0.3, 0.4) is 0 Å². The zero-order valence-corrected chi connectivity index (χ0v) is 12.9. The molecule has 128 valence electrons. The van der Waals surface area contributed by atoms with E-state index in [-0.39, 0.29) is 10.3 Å². The SMILES string of the molecule is CC(C)(C)OC(=O)NCC(O)C(O)c1c[n+]([O-])ccc1[N+](=O)[O-]. The molecule has 1 amide bonds. The summed E-state index contributed by atoms with van der Waals surface area (Å²) < 4.78 is 5.21. The maximum absolute atomic E-state index is 11.5. The molecule has 0 radical (unpaired) electrons. The molecule has 1 aromatic heterocycles. The Morgan fingerprint density at radius 1 is 1.48 bits per heavy atom. The van der Waals surface area contributed by atoms with Crippen molar-refractivity contribution in [3.05, 3.63) is 39.3 Å². The fraction of sp³-hybridized carbons (Fsp3) is 0.538. The Balaban J connectivity index is 2.77. The number of nitrogens with one attached hydrogen (secondary N) is 1. The second kappa shape index (κ2) is 7.20. The number of amides is 1. The predicted molar refractivity (Wildman–Crippen MR) is 77.3 cm³/mol. The molecule has 0 saturated heterocycles. The highest BCUT2D eigenvalue weighted by Crippen LogP contribution is 2.25. The Kier molecular flexibility index (Phi) is 5.82. The molecule has 3 N–H and O–H groups in total. The largest absolute Gasteiger partial charge is 0.619 e. The highest BCUT2D eigenvalue weighted by atomic mass is 16.6. The first kappa shape index (κ1) is 18.6. The Bertz CT molecular complexity index is 585. The van der Waals surface area contributed by atoms with Crippen LogP contribution in [0.5, 0.6) is 0 Å². The normalized spacial score (nSPS) is 14.0. The summed E-state index contributed by atoms with van der Waals surface area (Å²) in [6.07, 6.45) is -2.42. The zero-order chi connectivity index (χ0) is 17.8. The van der Waals surface area contributed by atoms with Crippen LogP contribution in [0.4, 0.5) is 10.5 Å². The molecular weight excluding hydrogens is 310 g/mol. The molecule has 0 saturated carbocycles. The number of carbonyl (C=O) groups excluding carboxylic acids is 1. The molecule has 0 aliphatic heterocycles. The standard InChI is InChI=1S/C13H19N3O7/c1-13(2,3)23-12(19)14-6-10(17)11(18)8-7-15(20)5-4-9(8)16(21)22/h4-5,7,10-11,17-18H,6H2,1-3H3,(H,14,19). The van der Waals surface area contributed by atoms with Crippen molar-refractivity contribution < 1.29 is 29.4 Å². The average molecular weight is 329 g/mol. The van der Waals surface area contributed by atoms with E-state index in [0.717, 1.165) is 18.5 Å². The van der Waals surface area contributed by atoms with Gasteiger partial charge in [-0.3, -0.25) is 10.1 Å². The number of hydrogen-bond donors (Lipinski definition) is 3. The summed E-state index contributed by atoms with van der Waals surface area (Å²) in [7, 11) is 0. The summed E-state index contributed by atoms with van der Waals surface area (Å²) in [5.74, 6) is 0. The molecule has 0 spiro atoms. The van der Waals surface area contributed by atoms with Gasteiger partial charge in [-0.1, -0.05) is 0 Å². The first-order valence-corrected chi connectivity index (χ1v) is 6.71. The monoisotopic (exact) mass is 329 g/mol. The molecule has 1 rings (SSSR count). The summed E-state index contributed by atoms with van der Waals surface area (Å²) in [5.41, 5.74) is -1.60. The van der Waals surface area contributed by atoms with Crippen LogP contribution in [0.2, 0.25) is 0 Å². The summed E-state index contributed by atoms with van der Waals surface area (Å²) in [6, 6.07) is 0.916. The van der Waals surface area contributed by atoms with E-state index in [1.165, 1.54) is 0 Å². The minimum absolute atomic E-state index is 0.263. The van der Waals surface area contributed by atoms with E-state index in [0.29, 0.717) is 0 Å². The number of carbonyl (C=O) groups is 1. The van der Waals surface area contributed by atoms with Gasteiger partial charge in [-0.2, -0.15) is 4.73 Å². The van der Waals surface area contributed by atoms with E-state index in [9.17, 15) is 30.3 Å². The van der Waals surface area contributed by atoms with Crippen LogP contribution in [-0.4, -0.2) is 39.5 Å². The molecule has 0 aliphatic carbocycles. The zero-order valence-electron chi connectivity index (χ0n) is 12.9. The van der Waals surface area contributed by atoms with Crippen molar-refractivity contribution in [2.75, 3.05) is 6.54 Å². The number of aromatic nitrogens is 1. The van der Waals surface area contributed by atoms with Crippen LogP contribution < -0.4 is 10.0 Å². The third kappa shape index (κ3) is 5.68. The third-order valence-electron chi connectivity index (χ3n) is 2.68. The number of aliphatic hydroxyl groups excluding tert-OH is 2. The number of rotatable bonds is 5. The van der Waals surface area contributed by atoms with Gasteiger partial charge in [0.25, 0.3) is 5.69 Å². The predicted octanol–water partition coefficient (Wildman–Crippen LogP) is 0.147. The molecule has 0 aromatic carbocycles. The van der Waals surface area contributed by atoms with Gasteiger partial charge in [0.2, 0.25) is 0 Å². The van der Waals surface area contributed by atoms with Gasteiger partial charge in [0.1, 0.15) is 23.4 Å². The highest BCUT2D eigenvalue weighted by Gasteiger charge is 2.29. The highest BCUT2D eigenvalue weighted by molar-refractivity contribution is 5.67. The lowest BCUT2D eigenvalue weighted by Gasteiger charge is -2.22. The van der Waals surface area contributed by atoms with Crippen molar-refractivity contribution >= 4 is 11.8 Å². The van der Waals surface area contributed by atoms with E-state index >= 15 is 0 Å². The van der Waals surface area contributed by atoms with Gasteiger partial charge in [0.05, 0.1) is 11.0 Å². The number of ether oxygens (including phenoxy) is 1. The van der Waals surface area contributed by atoms with Gasteiger partial charge < -0.3 is 25.5 Å². The van der Waals surface area contributed by atoms with Gasteiger partial charge >= 0.3 is 6.09 Å². The molecule has 0 bridgehead atoms. The lowest BCUT2D eigenvalue weighted by molar-refractivity contribution is -0.606. The van der Waals surface area contributed by atoms with Crippen molar-refractivity contribution in [2.24, 2.45) is 0 Å². The Morgan fingerprint density at radius 3 is 2.61 bits per heavy atom. The lowest BCUT2D eigenvalue weighted by Crippen LogP contribution is -2.39. The molecule has 1 heterocycles. The van der Waals surface area contributed by atoms with Gasteiger partial charge in [-0.15, -0.1) is 0 Å².